The van der Waals surface area contributed by atoms with Gasteiger partial charge < -0.3 is 0 Å². The average molecular weight is 177 g/mol. The highest BCUT2D eigenvalue weighted by Crippen LogP contribution is 2.26. The third-order valence-electron chi connectivity index (χ3n) is 2.98. The molecule has 0 saturated heterocycles. The SMILES string of the molecule is CCC(C)C(C)c1ncccc1C. The first-order valence-corrected chi connectivity index (χ1v) is 5.08. The Morgan fingerprint density at radius 3 is 2.62 bits per heavy atom. The molecule has 72 valence electrons. The Balaban J connectivity index is 2.88. The molecule has 0 aromatic carbocycles. The zero-order chi connectivity index (χ0) is 9.84. The van der Waals surface area contributed by atoms with E-state index in [4.69, 9.17) is 0 Å². The number of hydrogen-bond donors (Lipinski definition) is 0. The normalized spacial score (nSPS) is 15.4. The van der Waals surface area contributed by atoms with E-state index in [1.165, 1.54) is 17.7 Å². The van der Waals surface area contributed by atoms with E-state index in [1.807, 2.05) is 12.3 Å². The van der Waals surface area contributed by atoms with Crippen LogP contribution in [0.4, 0.5) is 0 Å². The maximum absolute atomic E-state index is 4.45. The van der Waals surface area contributed by atoms with Gasteiger partial charge in [-0.1, -0.05) is 33.3 Å². The van der Waals surface area contributed by atoms with Crippen LogP contribution >= 0.6 is 0 Å². The van der Waals surface area contributed by atoms with E-state index in [2.05, 4.69) is 38.7 Å². The summed E-state index contributed by atoms with van der Waals surface area (Å²) in [6.07, 6.45) is 3.11. The third-order valence-corrected chi connectivity index (χ3v) is 2.98. The second kappa shape index (κ2) is 4.40. The van der Waals surface area contributed by atoms with Gasteiger partial charge in [0.05, 0.1) is 0 Å². The lowest BCUT2D eigenvalue weighted by Gasteiger charge is -2.19. The van der Waals surface area contributed by atoms with Crippen molar-refractivity contribution < 1.29 is 0 Å². The molecule has 2 unspecified atom stereocenters. The Labute approximate surface area is 81.2 Å². The number of aryl methyl sites for hydroxylation is 1. The summed E-state index contributed by atoms with van der Waals surface area (Å²) in [6, 6.07) is 4.14. The van der Waals surface area contributed by atoms with Gasteiger partial charge >= 0.3 is 0 Å². The monoisotopic (exact) mass is 177 g/mol. The van der Waals surface area contributed by atoms with Crippen molar-refractivity contribution in [3.05, 3.63) is 29.6 Å². The Hall–Kier alpha value is -0.850. The molecule has 1 rings (SSSR count). The summed E-state index contributed by atoms with van der Waals surface area (Å²) in [5, 5.41) is 0. The number of nitrogens with zero attached hydrogens (tertiary/aromatic N) is 1. The summed E-state index contributed by atoms with van der Waals surface area (Å²) >= 11 is 0. The number of pyridine rings is 1. The minimum atomic E-state index is 0.575. The molecule has 0 amide bonds. The largest absolute Gasteiger partial charge is 0.261 e. The quantitative estimate of drug-likeness (QED) is 0.688. The lowest BCUT2D eigenvalue weighted by Crippen LogP contribution is -2.08. The molecule has 1 heterocycles. The van der Waals surface area contributed by atoms with Gasteiger partial charge in [0, 0.05) is 17.8 Å². The molecule has 1 heteroatoms. The molecule has 2 atom stereocenters. The second-order valence-corrected chi connectivity index (χ2v) is 3.88. The number of hydrogen-bond acceptors (Lipinski definition) is 1. The van der Waals surface area contributed by atoms with Crippen LogP contribution in [0.2, 0.25) is 0 Å². The number of aromatic nitrogens is 1. The van der Waals surface area contributed by atoms with Gasteiger partial charge in [-0.25, -0.2) is 0 Å². The van der Waals surface area contributed by atoms with Gasteiger partial charge in [0.2, 0.25) is 0 Å². The summed E-state index contributed by atoms with van der Waals surface area (Å²) in [5.74, 6) is 1.29. The minimum Gasteiger partial charge on any atom is -0.261 e. The lowest BCUT2D eigenvalue weighted by molar-refractivity contribution is 0.463. The summed E-state index contributed by atoms with van der Waals surface area (Å²) in [7, 11) is 0. The smallest absolute Gasteiger partial charge is 0.0463 e. The minimum absolute atomic E-state index is 0.575. The second-order valence-electron chi connectivity index (χ2n) is 3.88. The van der Waals surface area contributed by atoms with Gasteiger partial charge in [-0.2, -0.15) is 0 Å². The van der Waals surface area contributed by atoms with Crippen molar-refractivity contribution in [2.24, 2.45) is 5.92 Å². The number of rotatable bonds is 3. The van der Waals surface area contributed by atoms with E-state index in [-0.39, 0.29) is 0 Å². The molecule has 0 aliphatic rings. The topological polar surface area (TPSA) is 12.9 Å². The van der Waals surface area contributed by atoms with E-state index in [0.717, 1.165) is 0 Å². The van der Waals surface area contributed by atoms with Gasteiger partial charge in [-0.15, -0.1) is 0 Å². The van der Waals surface area contributed by atoms with Crippen molar-refractivity contribution in [2.45, 2.75) is 40.0 Å². The fraction of sp³-hybridized carbons (Fsp3) is 0.583. The molecule has 0 fully saturated rings. The fourth-order valence-electron chi connectivity index (χ4n) is 1.60. The van der Waals surface area contributed by atoms with Gasteiger partial charge in [-0.3, -0.25) is 4.98 Å². The van der Waals surface area contributed by atoms with Gasteiger partial charge in [0.1, 0.15) is 0 Å². The van der Waals surface area contributed by atoms with Gasteiger partial charge in [0.15, 0.2) is 0 Å². The molecule has 1 aromatic rings. The molecule has 0 N–H and O–H groups in total. The summed E-state index contributed by atoms with van der Waals surface area (Å²) in [4.78, 5) is 4.45. The molecule has 0 bridgehead atoms. The predicted octanol–water partition coefficient (Wildman–Crippen LogP) is 3.54. The van der Waals surface area contributed by atoms with E-state index in [9.17, 15) is 0 Å². The first-order valence-electron chi connectivity index (χ1n) is 5.08. The zero-order valence-corrected chi connectivity index (χ0v) is 9.04. The molecular weight excluding hydrogens is 158 g/mol. The maximum atomic E-state index is 4.45. The van der Waals surface area contributed by atoms with Crippen LogP contribution in [0, 0.1) is 12.8 Å². The van der Waals surface area contributed by atoms with Crippen molar-refractivity contribution in [2.75, 3.05) is 0 Å². The molecule has 0 radical (unpaired) electrons. The van der Waals surface area contributed by atoms with Crippen molar-refractivity contribution in [1.82, 2.24) is 4.98 Å². The first-order chi connectivity index (χ1) is 6.16. The lowest BCUT2D eigenvalue weighted by atomic mass is 9.88. The van der Waals surface area contributed by atoms with Crippen molar-refractivity contribution >= 4 is 0 Å². The van der Waals surface area contributed by atoms with E-state index in [0.29, 0.717) is 11.8 Å². The van der Waals surface area contributed by atoms with Crippen molar-refractivity contribution in [1.29, 1.82) is 0 Å². The van der Waals surface area contributed by atoms with Crippen LogP contribution < -0.4 is 0 Å². The first kappa shape index (κ1) is 10.2. The van der Waals surface area contributed by atoms with Crippen LogP contribution in [0.1, 0.15) is 44.4 Å². The summed E-state index contributed by atoms with van der Waals surface area (Å²) < 4.78 is 0. The zero-order valence-electron chi connectivity index (χ0n) is 9.04. The maximum Gasteiger partial charge on any atom is 0.0463 e. The molecule has 1 aromatic heterocycles. The van der Waals surface area contributed by atoms with Crippen LogP contribution in [0.3, 0.4) is 0 Å². The summed E-state index contributed by atoms with van der Waals surface area (Å²) in [5.41, 5.74) is 2.58. The molecule has 0 spiro atoms. The highest BCUT2D eigenvalue weighted by molar-refractivity contribution is 5.21. The molecule has 1 nitrogen and oxygen atoms in total. The molecule has 0 aliphatic heterocycles. The third kappa shape index (κ3) is 2.30. The Morgan fingerprint density at radius 2 is 2.08 bits per heavy atom. The fourth-order valence-corrected chi connectivity index (χ4v) is 1.60. The van der Waals surface area contributed by atoms with E-state index < -0.39 is 0 Å². The van der Waals surface area contributed by atoms with Crippen LogP contribution in [-0.4, -0.2) is 4.98 Å². The van der Waals surface area contributed by atoms with Gasteiger partial charge in [0.25, 0.3) is 0 Å². The van der Waals surface area contributed by atoms with E-state index in [1.54, 1.807) is 0 Å². The van der Waals surface area contributed by atoms with Crippen molar-refractivity contribution in [3.63, 3.8) is 0 Å². The standard InChI is InChI=1S/C12H19N/c1-5-9(2)11(4)12-10(3)7-6-8-13-12/h6-9,11H,5H2,1-4H3. The Morgan fingerprint density at radius 1 is 1.38 bits per heavy atom. The highest BCUT2D eigenvalue weighted by atomic mass is 14.7. The average Bonchev–Trinajstić information content (AvgIpc) is 2.16. The highest BCUT2D eigenvalue weighted by Gasteiger charge is 2.15. The molecule has 0 saturated carbocycles. The Bertz CT molecular complexity index is 268. The van der Waals surface area contributed by atoms with Crippen LogP contribution in [0.15, 0.2) is 18.3 Å². The predicted molar refractivity (Wildman–Crippen MR) is 56.8 cm³/mol. The van der Waals surface area contributed by atoms with Crippen LogP contribution in [-0.2, 0) is 0 Å². The van der Waals surface area contributed by atoms with Crippen LogP contribution in [0.25, 0.3) is 0 Å². The van der Waals surface area contributed by atoms with Crippen molar-refractivity contribution in [3.8, 4) is 0 Å². The molecular formula is C12H19N. The van der Waals surface area contributed by atoms with Gasteiger partial charge in [-0.05, 0) is 24.5 Å². The molecule has 0 aliphatic carbocycles. The Kier molecular flexibility index (Phi) is 3.47. The van der Waals surface area contributed by atoms with Crippen LogP contribution in [0.5, 0.6) is 0 Å². The van der Waals surface area contributed by atoms with E-state index >= 15 is 0 Å². The summed E-state index contributed by atoms with van der Waals surface area (Å²) in [6.45, 7) is 8.93. The molecule has 13 heavy (non-hydrogen) atoms.